The summed E-state index contributed by atoms with van der Waals surface area (Å²) in [4.78, 5) is 22.8. The molecule has 3 aromatic rings. The van der Waals surface area contributed by atoms with E-state index in [2.05, 4.69) is 41.2 Å². The third-order valence-electron chi connectivity index (χ3n) is 3.74. The van der Waals surface area contributed by atoms with Gasteiger partial charge in [-0.1, -0.05) is 35.9 Å². The number of carbonyl (C=O) groups excluding carboxylic acids is 1. The Morgan fingerprint density at radius 2 is 1.96 bits per heavy atom. The zero-order valence-corrected chi connectivity index (χ0v) is 14.6. The number of carbonyl (C=O) groups is 1. The second-order valence-corrected chi connectivity index (χ2v) is 6.75. The maximum absolute atomic E-state index is 12.5. The second-order valence-electron chi connectivity index (χ2n) is 5.81. The molecule has 0 atom stereocenters. The number of rotatable bonds is 5. The van der Waals surface area contributed by atoms with Crippen molar-refractivity contribution < 1.29 is 4.79 Å². The lowest BCUT2D eigenvalue weighted by molar-refractivity contribution is 0.0780. The van der Waals surface area contributed by atoms with Crippen LogP contribution < -0.4 is 0 Å². The van der Waals surface area contributed by atoms with Gasteiger partial charge < -0.3 is 4.90 Å². The number of nitrogens with zero attached hydrogens (tertiary/aromatic N) is 3. The number of amides is 1. The number of hydrogen-bond acceptors (Lipinski definition) is 4. The van der Waals surface area contributed by atoms with E-state index in [0.717, 1.165) is 17.0 Å². The predicted molar refractivity (Wildman–Crippen MR) is 96.1 cm³/mol. The highest BCUT2D eigenvalue weighted by molar-refractivity contribution is 7.09. The molecule has 2 aromatic heterocycles. The number of thiazole rings is 1. The summed E-state index contributed by atoms with van der Waals surface area (Å²) in [6.07, 6.45) is 4.25. The van der Waals surface area contributed by atoms with E-state index in [1.54, 1.807) is 24.3 Å². The smallest absolute Gasteiger partial charge is 0.273 e. The van der Waals surface area contributed by atoms with Gasteiger partial charge in [-0.25, -0.2) is 4.98 Å². The molecule has 4 nitrogen and oxygen atoms in total. The van der Waals surface area contributed by atoms with Crippen LogP contribution in [0.2, 0.25) is 0 Å². The number of hydrogen-bond donors (Lipinski definition) is 0. The molecule has 1 aromatic carbocycles. The molecule has 5 heteroatoms. The average molecular weight is 337 g/mol. The van der Waals surface area contributed by atoms with Crippen molar-refractivity contribution in [3.05, 3.63) is 81.6 Å². The first kappa shape index (κ1) is 16.3. The molecule has 0 radical (unpaired) electrons. The van der Waals surface area contributed by atoms with Crippen molar-refractivity contribution in [3.8, 4) is 0 Å². The standard InChI is InChI=1S/C19H19N3OS/c1-14-5-7-15(8-6-14)10-18-21-17(13-24-18)19(23)22(2)12-16-4-3-9-20-11-16/h3-9,11,13H,10,12H2,1-2H3. The van der Waals surface area contributed by atoms with Crippen LogP contribution in [0, 0.1) is 6.92 Å². The lowest BCUT2D eigenvalue weighted by atomic mass is 10.1. The van der Waals surface area contributed by atoms with E-state index in [0.29, 0.717) is 12.2 Å². The summed E-state index contributed by atoms with van der Waals surface area (Å²) in [5.41, 5.74) is 3.96. The molecule has 0 saturated heterocycles. The van der Waals surface area contributed by atoms with Crippen molar-refractivity contribution in [1.82, 2.24) is 14.9 Å². The summed E-state index contributed by atoms with van der Waals surface area (Å²) in [5, 5.41) is 2.79. The third kappa shape index (κ3) is 4.06. The van der Waals surface area contributed by atoms with Gasteiger partial charge in [0.25, 0.3) is 5.91 Å². The minimum Gasteiger partial charge on any atom is -0.336 e. The fraction of sp³-hybridized carbons (Fsp3) is 0.211. The highest BCUT2D eigenvalue weighted by Gasteiger charge is 2.16. The Morgan fingerprint density at radius 1 is 1.17 bits per heavy atom. The number of benzene rings is 1. The van der Waals surface area contributed by atoms with Crippen molar-refractivity contribution in [1.29, 1.82) is 0 Å². The normalized spacial score (nSPS) is 10.6. The Hall–Kier alpha value is -2.53. The molecule has 2 heterocycles. The third-order valence-corrected chi connectivity index (χ3v) is 4.58. The van der Waals surface area contributed by atoms with Gasteiger partial charge in [-0.05, 0) is 24.1 Å². The van der Waals surface area contributed by atoms with Gasteiger partial charge in [-0.2, -0.15) is 0 Å². The Bertz CT molecular complexity index is 812. The maximum atomic E-state index is 12.5. The minimum absolute atomic E-state index is 0.0646. The Labute approximate surface area is 145 Å². The first-order valence-electron chi connectivity index (χ1n) is 7.76. The van der Waals surface area contributed by atoms with Gasteiger partial charge in [-0.15, -0.1) is 11.3 Å². The van der Waals surface area contributed by atoms with Crippen LogP contribution in [0.4, 0.5) is 0 Å². The summed E-state index contributed by atoms with van der Waals surface area (Å²) < 4.78 is 0. The SMILES string of the molecule is Cc1ccc(Cc2nc(C(=O)N(C)Cc3cccnc3)cs2)cc1. The van der Waals surface area contributed by atoms with Crippen molar-refractivity contribution in [2.75, 3.05) is 7.05 Å². The lowest BCUT2D eigenvalue weighted by Crippen LogP contribution is -2.26. The van der Waals surface area contributed by atoms with Gasteiger partial charge in [0.1, 0.15) is 5.69 Å². The molecule has 0 fully saturated rings. The zero-order chi connectivity index (χ0) is 16.9. The minimum atomic E-state index is -0.0646. The highest BCUT2D eigenvalue weighted by atomic mass is 32.1. The molecule has 0 aliphatic carbocycles. The van der Waals surface area contributed by atoms with E-state index in [-0.39, 0.29) is 5.91 Å². The summed E-state index contributed by atoms with van der Waals surface area (Å²) >= 11 is 1.53. The number of aromatic nitrogens is 2. The summed E-state index contributed by atoms with van der Waals surface area (Å²) in [6, 6.07) is 12.2. The molecule has 0 spiro atoms. The molecule has 0 bridgehead atoms. The molecule has 0 aliphatic heterocycles. The summed E-state index contributed by atoms with van der Waals surface area (Å²) in [5.74, 6) is -0.0646. The molecule has 0 N–H and O–H groups in total. The molecule has 1 amide bonds. The lowest BCUT2D eigenvalue weighted by Gasteiger charge is -2.15. The van der Waals surface area contributed by atoms with Crippen LogP contribution in [-0.2, 0) is 13.0 Å². The van der Waals surface area contributed by atoms with Crippen LogP contribution in [-0.4, -0.2) is 27.8 Å². The van der Waals surface area contributed by atoms with Crippen molar-refractivity contribution >= 4 is 17.2 Å². The summed E-state index contributed by atoms with van der Waals surface area (Å²) in [7, 11) is 1.79. The Kier molecular flexibility index (Phi) is 5.01. The topological polar surface area (TPSA) is 46.1 Å². The van der Waals surface area contributed by atoms with E-state index in [9.17, 15) is 4.79 Å². The van der Waals surface area contributed by atoms with Crippen LogP contribution in [0.15, 0.2) is 54.2 Å². The Balaban J connectivity index is 1.65. The number of pyridine rings is 1. The molecule has 0 unspecified atom stereocenters. The van der Waals surface area contributed by atoms with Crippen LogP contribution in [0.3, 0.4) is 0 Å². The molecular weight excluding hydrogens is 318 g/mol. The molecular formula is C19H19N3OS. The van der Waals surface area contributed by atoms with Crippen LogP contribution in [0.5, 0.6) is 0 Å². The maximum Gasteiger partial charge on any atom is 0.273 e. The molecule has 3 rings (SSSR count). The highest BCUT2D eigenvalue weighted by Crippen LogP contribution is 2.17. The van der Waals surface area contributed by atoms with Gasteiger partial charge in [0, 0.05) is 37.8 Å². The van der Waals surface area contributed by atoms with E-state index in [1.165, 1.54) is 22.5 Å². The van der Waals surface area contributed by atoms with Gasteiger partial charge in [0.05, 0.1) is 5.01 Å². The first-order chi connectivity index (χ1) is 11.6. The van der Waals surface area contributed by atoms with Gasteiger partial charge in [0.2, 0.25) is 0 Å². The quantitative estimate of drug-likeness (QED) is 0.713. The largest absolute Gasteiger partial charge is 0.336 e. The monoisotopic (exact) mass is 337 g/mol. The average Bonchev–Trinajstić information content (AvgIpc) is 3.05. The van der Waals surface area contributed by atoms with E-state index in [1.807, 2.05) is 17.5 Å². The second kappa shape index (κ2) is 7.36. The molecule has 122 valence electrons. The number of aryl methyl sites for hydroxylation is 1. The summed E-state index contributed by atoms with van der Waals surface area (Å²) in [6.45, 7) is 2.60. The first-order valence-corrected chi connectivity index (χ1v) is 8.64. The zero-order valence-electron chi connectivity index (χ0n) is 13.8. The fourth-order valence-corrected chi connectivity index (χ4v) is 3.21. The van der Waals surface area contributed by atoms with Gasteiger partial charge in [-0.3, -0.25) is 9.78 Å². The molecule has 24 heavy (non-hydrogen) atoms. The van der Waals surface area contributed by atoms with Crippen molar-refractivity contribution in [2.24, 2.45) is 0 Å². The van der Waals surface area contributed by atoms with Crippen LogP contribution in [0.25, 0.3) is 0 Å². The predicted octanol–water partition coefficient (Wildman–Crippen LogP) is 3.71. The van der Waals surface area contributed by atoms with E-state index >= 15 is 0 Å². The van der Waals surface area contributed by atoms with Gasteiger partial charge in [0.15, 0.2) is 0 Å². The molecule has 0 saturated carbocycles. The van der Waals surface area contributed by atoms with Crippen molar-refractivity contribution in [2.45, 2.75) is 19.9 Å². The van der Waals surface area contributed by atoms with E-state index < -0.39 is 0 Å². The Morgan fingerprint density at radius 3 is 2.67 bits per heavy atom. The molecule has 0 aliphatic rings. The van der Waals surface area contributed by atoms with Crippen LogP contribution >= 0.6 is 11.3 Å². The van der Waals surface area contributed by atoms with Crippen LogP contribution in [0.1, 0.15) is 32.2 Å². The fourth-order valence-electron chi connectivity index (χ4n) is 2.40. The van der Waals surface area contributed by atoms with E-state index in [4.69, 9.17) is 0 Å². The van der Waals surface area contributed by atoms with Gasteiger partial charge >= 0.3 is 0 Å². The van der Waals surface area contributed by atoms with Crippen molar-refractivity contribution in [3.63, 3.8) is 0 Å².